The second kappa shape index (κ2) is 14.4. The van der Waals surface area contributed by atoms with Gasteiger partial charge in [-0.05, 0) is 69.7 Å². The van der Waals surface area contributed by atoms with Crippen molar-refractivity contribution < 1.29 is 27.5 Å². The van der Waals surface area contributed by atoms with Gasteiger partial charge in [0.15, 0.2) is 0 Å². The van der Waals surface area contributed by atoms with E-state index in [0.717, 1.165) is 67.2 Å². The van der Waals surface area contributed by atoms with Gasteiger partial charge in [-0.2, -0.15) is 0 Å². The number of hydrogen-bond acceptors (Lipinski definition) is 10. The van der Waals surface area contributed by atoms with Gasteiger partial charge in [-0.25, -0.2) is 18.4 Å². The van der Waals surface area contributed by atoms with Gasteiger partial charge in [0.1, 0.15) is 27.7 Å². The molecule has 2 aliphatic heterocycles. The second-order valence-corrected chi connectivity index (χ2v) is 15.0. The molecule has 12 nitrogen and oxygen atoms in total. The number of amides is 1. The maximum atomic E-state index is 13.3. The van der Waals surface area contributed by atoms with Crippen molar-refractivity contribution in [2.24, 2.45) is 5.92 Å². The van der Waals surface area contributed by atoms with Crippen LogP contribution in [0.25, 0.3) is 22.2 Å². The number of hydrogen-bond donors (Lipinski definition) is 3. The Labute approximate surface area is 270 Å². The number of nitrogens with one attached hydrogen (secondary N) is 3. The maximum absolute atomic E-state index is 13.3. The summed E-state index contributed by atoms with van der Waals surface area (Å²) in [5.41, 5.74) is 2.52. The molecular weight excluding hydrogens is 608 g/mol. The molecule has 1 aliphatic carbocycles. The number of rotatable bonds is 11. The summed E-state index contributed by atoms with van der Waals surface area (Å²) < 4.78 is 34.7. The van der Waals surface area contributed by atoms with E-state index in [2.05, 4.69) is 20.6 Å². The van der Waals surface area contributed by atoms with E-state index in [1.165, 1.54) is 6.26 Å². The fraction of sp³-hybridized carbons (Fsp3) is 0.576. The van der Waals surface area contributed by atoms with Crippen LogP contribution in [0.4, 0.5) is 5.95 Å². The second-order valence-electron chi connectivity index (χ2n) is 12.8. The van der Waals surface area contributed by atoms with Crippen molar-refractivity contribution in [3.63, 3.8) is 0 Å². The third-order valence-corrected chi connectivity index (χ3v) is 10.3. The monoisotopic (exact) mass is 652 g/mol. The molecule has 46 heavy (non-hydrogen) atoms. The summed E-state index contributed by atoms with van der Waals surface area (Å²) in [5, 5.41) is 7.57. The van der Waals surface area contributed by atoms with Crippen molar-refractivity contribution in [3.05, 3.63) is 36.7 Å². The standard InChI is InChI=1S/C33H44N6O6S/c1-46(42,43)20-4-19-44-29-7-2-5-27-30(29)25(21-36-27)26-12-16-35-33(38-26)37-23-10-8-22(9-11-23)31(40)39-17-13-24(14-18-39)45-32(41)28-6-3-15-34-28/h2,5,7,12,16,21-24,28,34,36H,3-4,6,8-11,13-15,17-20H2,1H3,(H,35,37,38)/t22?,23?,28-/m0/s1. The van der Waals surface area contributed by atoms with Crippen molar-refractivity contribution >= 4 is 38.6 Å². The van der Waals surface area contributed by atoms with Crippen LogP contribution in [0, 0.1) is 5.92 Å². The first-order valence-electron chi connectivity index (χ1n) is 16.5. The zero-order chi connectivity index (χ0) is 32.1. The largest absolute Gasteiger partial charge is 0.493 e. The minimum Gasteiger partial charge on any atom is -0.493 e. The van der Waals surface area contributed by atoms with E-state index in [0.29, 0.717) is 50.7 Å². The summed E-state index contributed by atoms with van der Waals surface area (Å²) in [4.78, 5) is 40.2. The number of aromatic amines is 1. The molecule has 0 unspecified atom stereocenters. The van der Waals surface area contributed by atoms with E-state index < -0.39 is 9.84 Å². The molecule has 2 saturated heterocycles. The Balaban J connectivity index is 1.00. The van der Waals surface area contributed by atoms with E-state index in [1.807, 2.05) is 35.4 Å². The molecule has 4 heterocycles. The molecule has 1 saturated carbocycles. The third-order valence-electron chi connectivity index (χ3n) is 9.31. The molecule has 1 amide bonds. The predicted molar refractivity (Wildman–Crippen MR) is 175 cm³/mol. The molecule has 13 heteroatoms. The zero-order valence-electron chi connectivity index (χ0n) is 26.4. The highest BCUT2D eigenvalue weighted by Crippen LogP contribution is 2.35. The van der Waals surface area contributed by atoms with Crippen LogP contribution in [0.3, 0.4) is 0 Å². The van der Waals surface area contributed by atoms with Crippen molar-refractivity contribution in [2.75, 3.05) is 43.6 Å². The number of fused-ring (bicyclic) bond motifs is 1. The van der Waals surface area contributed by atoms with E-state index in [4.69, 9.17) is 14.5 Å². The topological polar surface area (TPSA) is 156 Å². The lowest BCUT2D eigenvalue weighted by Crippen LogP contribution is -2.46. The van der Waals surface area contributed by atoms with Gasteiger partial charge in [0.05, 0.1) is 23.4 Å². The molecule has 3 fully saturated rings. The Hall–Kier alpha value is -3.71. The van der Waals surface area contributed by atoms with Gasteiger partial charge in [-0.15, -0.1) is 0 Å². The number of nitrogens with zero attached hydrogens (tertiary/aromatic N) is 3. The van der Waals surface area contributed by atoms with E-state index in [9.17, 15) is 18.0 Å². The fourth-order valence-electron chi connectivity index (χ4n) is 6.81. The summed E-state index contributed by atoms with van der Waals surface area (Å²) in [5.74, 6) is 1.36. The van der Waals surface area contributed by atoms with Crippen LogP contribution in [0.5, 0.6) is 5.75 Å². The van der Waals surface area contributed by atoms with Crippen molar-refractivity contribution in [1.29, 1.82) is 0 Å². The number of sulfone groups is 1. The lowest BCUT2D eigenvalue weighted by molar-refractivity contribution is -0.154. The van der Waals surface area contributed by atoms with Gasteiger partial charge < -0.3 is 30.0 Å². The Bertz CT molecular complexity index is 1620. The molecule has 1 atom stereocenters. The van der Waals surface area contributed by atoms with Gasteiger partial charge in [-0.1, -0.05) is 6.07 Å². The van der Waals surface area contributed by atoms with E-state index in [1.54, 1.807) is 6.20 Å². The fourth-order valence-corrected chi connectivity index (χ4v) is 7.45. The number of benzene rings is 1. The van der Waals surface area contributed by atoms with E-state index >= 15 is 0 Å². The van der Waals surface area contributed by atoms with Crippen LogP contribution < -0.4 is 15.4 Å². The summed E-state index contributed by atoms with van der Waals surface area (Å²) in [6, 6.07) is 7.60. The Morgan fingerprint density at radius 2 is 1.87 bits per heavy atom. The summed E-state index contributed by atoms with van der Waals surface area (Å²) >= 11 is 0. The van der Waals surface area contributed by atoms with Crippen LogP contribution in [-0.4, -0.2) is 96.6 Å². The first-order chi connectivity index (χ1) is 22.2. The van der Waals surface area contributed by atoms with Crippen LogP contribution in [0.1, 0.15) is 57.8 Å². The lowest BCUT2D eigenvalue weighted by atomic mass is 9.85. The quantitative estimate of drug-likeness (QED) is 0.206. The molecule has 2 aromatic heterocycles. The molecule has 6 rings (SSSR count). The van der Waals surface area contributed by atoms with Crippen LogP contribution >= 0.6 is 0 Å². The molecule has 0 bridgehead atoms. The third kappa shape index (κ3) is 7.98. The van der Waals surface area contributed by atoms with Gasteiger partial charge in [0.25, 0.3) is 0 Å². The van der Waals surface area contributed by atoms with Gasteiger partial charge in [0, 0.05) is 67.6 Å². The minimum atomic E-state index is -3.04. The molecule has 248 valence electrons. The van der Waals surface area contributed by atoms with Crippen molar-refractivity contribution in [3.8, 4) is 17.0 Å². The number of likely N-dealkylation sites (tertiary alicyclic amines) is 1. The summed E-state index contributed by atoms with van der Waals surface area (Å²) in [6.45, 7) is 2.43. The molecular formula is C33H44N6O6S. The predicted octanol–water partition coefficient (Wildman–Crippen LogP) is 3.70. The average molecular weight is 653 g/mol. The number of aromatic nitrogens is 3. The molecule has 3 aliphatic rings. The highest BCUT2D eigenvalue weighted by atomic mass is 32.2. The molecule has 3 N–H and O–H groups in total. The number of esters is 1. The number of ether oxygens (including phenoxy) is 2. The lowest BCUT2D eigenvalue weighted by Gasteiger charge is -2.36. The van der Waals surface area contributed by atoms with Crippen LogP contribution in [0.15, 0.2) is 36.7 Å². The average Bonchev–Trinajstić information content (AvgIpc) is 3.75. The van der Waals surface area contributed by atoms with E-state index in [-0.39, 0.29) is 41.7 Å². The van der Waals surface area contributed by atoms with Gasteiger partial charge in [0.2, 0.25) is 11.9 Å². The van der Waals surface area contributed by atoms with Crippen LogP contribution in [0.2, 0.25) is 0 Å². The highest BCUT2D eigenvalue weighted by Gasteiger charge is 2.33. The first kappa shape index (κ1) is 32.2. The summed E-state index contributed by atoms with van der Waals surface area (Å²) in [6.07, 6.45) is 11.7. The normalized spacial score (nSPS) is 22.5. The number of carbonyl (C=O) groups is 2. The SMILES string of the molecule is CS(=O)(=O)CCCOc1cccc2[nH]cc(-c3ccnc(NC4CCC(C(=O)N5CCC(OC(=O)[C@@H]6CCCN6)CC5)CC4)n3)c12. The van der Waals surface area contributed by atoms with Gasteiger partial charge in [-0.3, -0.25) is 9.59 Å². The summed E-state index contributed by atoms with van der Waals surface area (Å²) in [7, 11) is -3.04. The Kier molecular flexibility index (Phi) is 10.1. The number of piperidine rings is 1. The number of carbonyl (C=O) groups excluding carboxylic acids is 2. The number of H-pyrrole nitrogens is 1. The number of anilines is 1. The molecule has 3 aromatic rings. The first-order valence-corrected chi connectivity index (χ1v) is 18.5. The molecule has 0 radical (unpaired) electrons. The van der Waals surface area contributed by atoms with Crippen molar-refractivity contribution in [2.45, 2.75) is 76.0 Å². The highest BCUT2D eigenvalue weighted by molar-refractivity contribution is 7.90. The Morgan fingerprint density at radius 1 is 1.07 bits per heavy atom. The Morgan fingerprint density at radius 3 is 2.61 bits per heavy atom. The minimum absolute atomic E-state index is 0.00849. The zero-order valence-corrected chi connectivity index (χ0v) is 27.2. The maximum Gasteiger partial charge on any atom is 0.323 e. The molecule has 0 spiro atoms. The molecule has 1 aromatic carbocycles. The van der Waals surface area contributed by atoms with Gasteiger partial charge >= 0.3 is 5.97 Å². The van der Waals surface area contributed by atoms with Crippen LogP contribution in [-0.2, 0) is 24.2 Å². The van der Waals surface area contributed by atoms with Crippen molar-refractivity contribution in [1.82, 2.24) is 25.2 Å². The smallest absolute Gasteiger partial charge is 0.323 e.